The van der Waals surface area contributed by atoms with E-state index in [0.717, 1.165) is 32.8 Å². The van der Waals surface area contributed by atoms with Crippen molar-refractivity contribution in [1.82, 2.24) is 26.6 Å². The van der Waals surface area contributed by atoms with E-state index < -0.39 is 161 Å². The molecule has 0 saturated carbocycles. The summed E-state index contributed by atoms with van der Waals surface area (Å²) in [6, 6.07) is 0. The molecule has 7 unspecified atom stereocenters. The minimum absolute atomic E-state index is 0. The Morgan fingerprint density at radius 2 is 0.840 bits per heavy atom. The molecule has 3 aliphatic heterocycles. The lowest BCUT2D eigenvalue weighted by Gasteiger charge is -2.40. The number of nitrogens with two attached hydrogens (primary N) is 1. The van der Waals surface area contributed by atoms with Crippen molar-refractivity contribution in [3.63, 3.8) is 0 Å². The molecule has 558 valence electrons. The first kappa shape index (κ1) is 92.7. The molecule has 0 aromatic rings. The van der Waals surface area contributed by atoms with E-state index in [4.69, 9.17) is 58.0 Å². The summed E-state index contributed by atoms with van der Waals surface area (Å²) in [5, 5.41) is 103. The lowest BCUT2D eigenvalue weighted by Crippen LogP contribution is -2.59. The van der Waals surface area contributed by atoms with Gasteiger partial charge < -0.3 is 131 Å². The predicted octanol–water partition coefficient (Wildman–Crippen LogP) is -2.47. The zero-order chi connectivity index (χ0) is 69.1. The van der Waals surface area contributed by atoms with Crippen LogP contribution in [0.3, 0.4) is 0 Å². The molecule has 17 N–H and O–H groups in total. The van der Waals surface area contributed by atoms with Crippen molar-refractivity contribution in [3.05, 3.63) is 0 Å². The Morgan fingerprint density at radius 3 is 1.16 bits per heavy atom. The van der Waals surface area contributed by atoms with Gasteiger partial charge in [0.25, 0.3) is 0 Å². The number of aliphatic hydroxyl groups is 9. The molecule has 16 atom stereocenters. The van der Waals surface area contributed by atoms with Crippen molar-refractivity contribution >= 4 is 37.4 Å². The van der Waals surface area contributed by atoms with Crippen LogP contribution in [-0.2, 0) is 85.0 Å². The Labute approximate surface area is 554 Å². The fraction of sp³-hybridized carbons (Fsp3) is 0.915. The van der Waals surface area contributed by atoms with Gasteiger partial charge in [0.2, 0.25) is 29.5 Å². The van der Waals surface area contributed by atoms with E-state index in [9.17, 15) is 74.5 Å². The molecule has 3 rings (SSSR count). The molecular formula is C59H119N6O28P. The molecule has 0 bridgehead atoms. The number of methoxy groups -OCH3 is 1. The van der Waals surface area contributed by atoms with E-state index in [2.05, 4.69) is 35.6 Å². The maximum atomic E-state index is 13.4. The number of carbonyl (C=O) groups is 5. The highest BCUT2D eigenvalue weighted by Crippen LogP contribution is 2.42. The summed E-state index contributed by atoms with van der Waals surface area (Å²) in [4.78, 5) is 73.1. The van der Waals surface area contributed by atoms with Gasteiger partial charge in [-0.15, -0.1) is 0 Å². The molecule has 0 spiro atoms. The average molecular weight is 1390 g/mol. The van der Waals surface area contributed by atoms with Gasteiger partial charge in [0, 0.05) is 70.9 Å². The molecule has 94 heavy (non-hydrogen) atoms. The quantitative estimate of drug-likeness (QED) is 0.0130. The molecule has 34 nitrogen and oxygen atoms in total. The predicted molar refractivity (Wildman–Crippen MR) is 338 cm³/mol. The highest BCUT2D eigenvalue weighted by molar-refractivity contribution is 7.47. The summed E-state index contributed by atoms with van der Waals surface area (Å²) in [5.74, 6) is -4.37. The molecular weight excluding hydrogens is 1270 g/mol. The largest absolute Gasteiger partial charge is 0.471 e. The van der Waals surface area contributed by atoms with Gasteiger partial charge in [0.1, 0.15) is 55.3 Å². The first-order valence-electron chi connectivity index (χ1n) is 31.5. The number of carbonyl (C=O) groups excluding carboxylic acids is 5. The van der Waals surface area contributed by atoms with Gasteiger partial charge in [-0.1, -0.05) is 62.3 Å². The maximum absolute atomic E-state index is 13.4. The zero-order valence-electron chi connectivity index (χ0n) is 54.5. The smallest absolute Gasteiger partial charge is 0.394 e. The Kier molecular flexibility index (Phi) is 52.9. The second kappa shape index (κ2) is 53.6. The van der Waals surface area contributed by atoms with Gasteiger partial charge in [-0.25, -0.2) is 4.57 Å². The zero-order valence-corrected chi connectivity index (χ0v) is 55.4. The van der Waals surface area contributed by atoms with Crippen molar-refractivity contribution in [2.45, 2.75) is 199 Å². The normalized spacial score (nSPS) is 27.0. The minimum atomic E-state index is -3.75. The number of phosphoric acid groups is 1. The van der Waals surface area contributed by atoms with Crippen molar-refractivity contribution in [2.24, 2.45) is 23.5 Å². The molecule has 3 saturated heterocycles. The van der Waals surface area contributed by atoms with E-state index >= 15 is 0 Å². The van der Waals surface area contributed by atoms with Crippen LogP contribution in [0.25, 0.3) is 0 Å². The number of ether oxygens (including phenoxy) is 10. The van der Waals surface area contributed by atoms with Crippen LogP contribution >= 0.6 is 7.82 Å². The molecule has 0 aliphatic carbocycles. The monoisotopic (exact) mass is 1390 g/mol. The molecule has 5 amide bonds. The van der Waals surface area contributed by atoms with Gasteiger partial charge in [-0.3, -0.25) is 33.0 Å². The molecule has 0 aromatic heterocycles. The number of aliphatic hydroxyl groups excluding tert-OH is 9. The van der Waals surface area contributed by atoms with Crippen LogP contribution in [0.15, 0.2) is 0 Å². The standard InChI is InChI=1S/C48H87N5O24.C7H18NO4P.C2H6.2CH4/c1-28-39(62)42(65)31(21-54)75-45(28)72-14-5-11-49-34(57)8-17-69-24-48(53-38(61)20-37(60)52-27-68-4,25-70-18-9-35(58)50-12-6-15-73-46-29(2)40(63)43(66)32(22-55)76-46)26-71-19-10-36(59)51-13-7-16-74-47-30(3)41(64)44(67)33(23-56)77-47;1-11-13(9,10)12-7-5-3-2-4-6-8;1-2;;/h28-33,39-47,54-56,62-67H,5-27H2,1-4H3,(H,49,57)(H,50,58)(H,51,59)(H,52,60)(H,53,61);2-8H2,1H3,(H,9,10);1-2H3;2*1H4/t28?,29?,30?,31?,32?,33?,39-,40-,41-,42+,43+,44+,45-,46-,47-,48?;;;;/m1..../s1. The number of hydrogen-bond donors (Lipinski definition) is 16. The fourth-order valence-electron chi connectivity index (χ4n) is 9.06. The molecule has 35 heteroatoms. The summed E-state index contributed by atoms with van der Waals surface area (Å²) in [7, 11) is -1.26. The summed E-state index contributed by atoms with van der Waals surface area (Å²) < 4.78 is 76.0. The van der Waals surface area contributed by atoms with Crippen molar-refractivity contribution in [2.75, 3.05) is 133 Å². The highest BCUT2D eigenvalue weighted by atomic mass is 31.2. The summed E-state index contributed by atoms with van der Waals surface area (Å²) in [6.07, 6.45) is -9.28. The van der Waals surface area contributed by atoms with Crippen molar-refractivity contribution in [1.29, 1.82) is 0 Å². The SMILES string of the molecule is C.C.CC.COCNC(=O)CC(=O)NC(COCCC(=O)NCCCO[C@@H]1OC(CO)[C@H](O)[C@H](O)C1C)(COCCC(=O)NCCCO[C@@H]1OC(CO)[C@H](O)[C@H](O)C1C)COCCC(=O)NCCCO[C@@H]1OC(CO)[C@H](O)[C@H](O)C1C.COP(=O)(O)OCCCCCCN. The van der Waals surface area contributed by atoms with Gasteiger partial charge in [0.15, 0.2) is 18.9 Å². The van der Waals surface area contributed by atoms with Gasteiger partial charge in [-0.2, -0.15) is 0 Å². The Morgan fingerprint density at radius 1 is 0.489 bits per heavy atom. The van der Waals surface area contributed by atoms with E-state index in [1.165, 1.54) is 7.11 Å². The minimum Gasteiger partial charge on any atom is -0.394 e. The highest BCUT2D eigenvalue weighted by Gasteiger charge is 2.45. The number of phosphoric ester groups is 1. The summed E-state index contributed by atoms with van der Waals surface area (Å²) >= 11 is 0. The van der Waals surface area contributed by atoms with Crippen LogP contribution in [-0.4, -0.2) is 293 Å². The van der Waals surface area contributed by atoms with E-state index in [1.54, 1.807) is 20.8 Å². The molecule has 3 fully saturated rings. The van der Waals surface area contributed by atoms with E-state index in [-0.39, 0.29) is 127 Å². The fourth-order valence-corrected chi connectivity index (χ4v) is 9.52. The topological polar surface area (TPSA) is 502 Å². The number of unbranched alkanes of at least 4 members (excludes halogenated alkanes) is 3. The van der Waals surface area contributed by atoms with Crippen molar-refractivity contribution in [3.8, 4) is 0 Å². The third-order valence-electron chi connectivity index (χ3n) is 14.6. The van der Waals surface area contributed by atoms with Gasteiger partial charge in [-0.05, 0) is 38.6 Å². The second-order valence-electron chi connectivity index (χ2n) is 22.1. The van der Waals surface area contributed by atoms with Gasteiger partial charge in [0.05, 0.1) is 104 Å². The second-order valence-corrected chi connectivity index (χ2v) is 23.6. The van der Waals surface area contributed by atoms with Crippen LogP contribution in [0.4, 0.5) is 0 Å². The van der Waals surface area contributed by atoms with E-state index in [0.29, 0.717) is 25.8 Å². The van der Waals surface area contributed by atoms with Crippen LogP contribution in [0.1, 0.15) is 120 Å². The van der Waals surface area contributed by atoms with Crippen molar-refractivity contribution < 1.29 is 136 Å². The Balaban J connectivity index is 0. The average Bonchev–Trinajstić information content (AvgIpc) is 0.916. The van der Waals surface area contributed by atoms with Crippen LogP contribution in [0, 0.1) is 17.8 Å². The lowest BCUT2D eigenvalue weighted by atomic mass is 9.92. The summed E-state index contributed by atoms with van der Waals surface area (Å²) in [5.41, 5.74) is 3.76. The Hall–Kier alpha value is -3.34. The number of rotatable bonds is 46. The Bertz CT molecular complexity index is 1870. The van der Waals surface area contributed by atoms with Crippen LogP contribution < -0.4 is 32.3 Å². The van der Waals surface area contributed by atoms with Gasteiger partial charge >= 0.3 is 7.82 Å². The molecule has 0 radical (unpaired) electrons. The van der Waals surface area contributed by atoms with Crippen LogP contribution in [0.2, 0.25) is 0 Å². The molecule has 3 aliphatic rings. The third-order valence-corrected chi connectivity index (χ3v) is 15.6. The third kappa shape index (κ3) is 37.0. The first-order chi connectivity index (χ1) is 43.9. The molecule has 0 aromatic carbocycles. The number of nitrogens with one attached hydrogen (secondary N) is 5. The lowest BCUT2D eigenvalue weighted by molar-refractivity contribution is -0.282. The molecule has 3 heterocycles. The summed E-state index contributed by atoms with van der Waals surface area (Å²) in [6.45, 7) is 7.62. The van der Waals surface area contributed by atoms with E-state index in [1.807, 2.05) is 13.8 Å². The maximum Gasteiger partial charge on any atom is 0.471 e. The number of amides is 5. The van der Waals surface area contributed by atoms with Crippen LogP contribution in [0.5, 0.6) is 0 Å². The number of hydrogen-bond acceptors (Lipinski definition) is 28. The first-order valence-corrected chi connectivity index (χ1v) is 33.0.